The summed E-state index contributed by atoms with van der Waals surface area (Å²) in [7, 11) is -2.44. The maximum absolute atomic E-state index is 14.1. The molecule has 0 unspecified atom stereocenters. The summed E-state index contributed by atoms with van der Waals surface area (Å²) in [6.07, 6.45) is 0.939. The molecule has 1 aliphatic rings. The van der Waals surface area contributed by atoms with Gasteiger partial charge in [0.05, 0.1) is 43.5 Å². The van der Waals surface area contributed by atoms with Crippen LogP contribution in [0.3, 0.4) is 0 Å². The molecule has 9 nitrogen and oxygen atoms in total. The summed E-state index contributed by atoms with van der Waals surface area (Å²) < 4.78 is 43.5. The molecule has 1 amide bonds. The zero-order chi connectivity index (χ0) is 19.5. The van der Waals surface area contributed by atoms with Crippen molar-refractivity contribution in [2.45, 2.75) is 0 Å². The number of halogens is 1. The third-order valence-corrected chi connectivity index (χ3v) is 4.09. The Morgan fingerprint density at radius 2 is 2.12 bits per heavy atom. The number of hydrogen-bond acceptors (Lipinski definition) is 7. The maximum atomic E-state index is 14.1. The molecule has 1 aromatic rings. The normalized spacial score (nSPS) is 14.6. The van der Waals surface area contributed by atoms with Crippen LogP contribution in [0.15, 0.2) is 29.5 Å². The number of amides is 1. The summed E-state index contributed by atoms with van der Waals surface area (Å²) in [5, 5.41) is 11.6. The Labute approximate surface area is 149 Å². The molecule has 26 heavy (non-hydrogen) atoms. The number of β-amino-alcohol motifs (C(OH)–C–C–N with tert-alkyl or cyclic N) is 1. The van der Waals surface area contributed by atoms with Crippen molar-refractivity contribution in [1.29, 1.82) is 0 Å². The Morgan fingerprint density at radius 3 is 2.69 bits per heavy atom. The summed E-state index contributed by atoms with van der Waals surface area (Å²) in [5.74, 6) is -2.14. The summed E-state index contributed by atoms with van der Waals surface area (Å²) >= 11 is 0. The average Bonchev–Trinajstić information content (AvgIpc) is 2.86. The number of hydrogen-bond donors (Lipinski definition) is 3. The first kappa shape index (κ1) is 19.7. The molecule has 142 valence electrons. The van der Waals surface area contributed by atoms with Crippen LogP contribution in [0, 0.1) is 5.82 Å². The number of nitrogens with one attached hydrogen (secondary N) is 2. The number of carbonyl (C=O) groups excluding carboxylic acids is 2. The van der Waals surface area contributed by atoms with Gasteiger partial charge in [-0.05, 0) is 18.2 Å². The topological polar surface area (TPSA) is 125 Å². The Kier molecular flexibility index (Phi) is 5.83. The van der Waals surface area contributed by atoms with Gasteiger partial charge in [-0.15, -0.1) is 0 Å². The summed E-state index contributed by atoms with van der Waals surface area (Å²) in [4.78, 5) is 25.5. The zero-order valence-corrected chi connectivity index (χ0v) is 14.9. The number of nitrogens with zero attached hydrogens (tertiary/aromatic N) is 1. The van der Waals surface area contributed by atoms with E-state index in [-0.39, 0.29) is 42.3 Å². The molecule has 11 heteroatoms. The first-order valence-corrected chi connectivity index (χ1v) is 9.31. The molecule has 2 rings (SSSR count). The first-order valence-electron chi connectivity index (χ1n) is 7.42. The van der Waals surface area contributed by atoms with Crippen LogP contribution < -0.4 is 10.0 Å². The third kappa shape index (κ3) is 4.49. The minimum absolute atomic E-state index is 0.0112. The van der Waals surface area contributed by atoms with Crippen LogP contribution in [0.1, 0.15) is 0 Å². The first-order chi connectivity index (χ1) is 12.2. The number of esters is 1. The number of rotatable bonds is 7. The standard InChI is InChI=1S/C15H18FN3O6S/c1-25-15(22)10-8-19(5-6-20)14(21)13(10)17-12-7-9(3-4-11(12)16)18-26(2,23)24/h3-4,7,17-18,20H,5-6,8H2,1-2H3. The molecule has 0 fully saturated rings. The van der Waals surface area contributed by atoms with Gasteiger partial charge in [0, 0.05) is 6.54 Å². The summed E-state index contributed by atoms with van der Waals surface area (Å²) in [5.41, 5.74) is -0.337. The SMILES string of the molecule is COC(=O)C1=C(Nc2cc(NS(C)(=O)=O)ccc2F)C(=O)N(CCO)C1. The molecule has 1 heterocycles. The van der Waals surface area contributed by atoms with E-state index in [1.807, 2.05) is 0 Å². The Bertz CT molecular complexity index is 868. The van der Waals surface area contributed by atoms with Gasteiger partial charge in [-0.2, -0.15) is 0 Å². The molecule has 0 aliphatic carbocycles. The lowest BCUT2D eigenvalue weighted by Crippen LogP contribution is -2.31. The fourth-order valence-electron chi connectivity index (χ4n) is 2.38. The van der Waals surface area contributed by atoms with Gasteiger partial charge < -0.3 is 20.1 Å². The highest BCUT2D eigenvalue weighted by molar-refractivity contribution is 7.92. The smallest absolute Gasteiger partial charge is 0.337 e. The second kappa shape index (κ2) is 7.70. The molecule has 0 spiro atoms. The Morgan fingerprint density at radius 1 is 1.42 bits per heavy atom. The quantitative estimate of drug-likeness (QED) is 0.557. The lowest BCUT2D eigenvalue weighted by molar-refractivity contribution is -0.136. The number of carbonyl (C=O) groups is 2. The number of benzene rings is 1. The van der Waals surface area contributed by atoms with E-state index in [2.05, 4.69) is 14.8 Å². The van der Waals surface area contributed by atoms with E-state index in [9.17, 15) is 22.4 Å². The van der Waals surface area contributed by atoms with E-state index < -0.39 is 27.7 Å². The summed E-state index contributed by atoms with van der Waals surface area (Å²) in [6, 6.07) is 3.38. The number of aliphatic hydroxyl groups is 1. The Balaban J connectivity index is 2.38. The highest BCUT2D eigenvalue weighted by Gasteiger charge is 2.34. The van der Waals surface area contributed by atoms with Crippen molar-refractivity contribution >= 4 is 33.3 Å². The van der Waals surface area contributed by atoms with Crippen molar-refractivity contribution in [2.24, 2.45) is 0 Å². The third-order valence-electron chi connectivity index (χ3n) is 3.48. The molecule has 0 radical (unpaired) electrons. The fraction of sp³-hybridized carbons (Fsp3) is 0.333. The molecular weight excluding hydrogens is 369 g/mol. The molecular formula is C15H18FN3O6S. The van der Waals surface area contributed by atoms with Crippen LogP contribution in [0.4, 0.5) is 15.8 Å². The number of sulfonamides is 1. The van der Waals surface area contributed by atoms with Crippen LogP contribution in [-0.2, 0) is 24.3 Å². The molecule has 0 saturated heterocycles. The maximum Gasteiger partial charge on any atom is 0.337 e. The number of ether oxygens (including phenoxy) is 1. The van der Waals surface area contributed by atoms with Gasteiger partial charge in [0.15, 0.2) is 0 Å². The van der Waals surface area contributed by atoms with Crippen molar-refractivity contribution in [3.63, 3.8) is 0 Å². The van der Waals surface area contributed by atoms with Gasteiger partial charge in [-0.3, -0.25) is 9.52 Å². The molecule has 3 N–H and O–H groups in total. The van der Waals surface area contributed by atoms with Gasteiger partial charge in [0.1, 0.15) is 11.5 Å². The number of anilines is 2. The largest absolute Gasteiger partial charge is 0.466 e. The predicted molar refractivity (Wildman–Crippen MR) is 91.2 cm³/mol. The monoisotopic (exact) mass is 387 g/mol. The van der Waals surface area contributed by atoms with Gasteiger partial charge >= 0.3 is 5.97 Å². The highest BCUT2D eigenvalue weighted by Crippen LogP contribution is 2.26. The van der Waals surface area contributed by atoms with E-state index in [1.54, 1.807) is 0 Å². The Hall–Kier alpha value is -2.66. The number of aliphatic hydroxyl groups excluding tert-OH is 1. The van der Waals surface area contributed by atoms with Crippen LogP contribution in [-0.4, -0.2) is 63.4 Å². The molecule has 0 aromatic heterocycles. The molecule has 1 aliphatic heterocycles. The van der Waals surface area contributed by atoms with Gasteiger partial charge in [0.25, 0.3) is 5.91 Å². The van der Waals surface area contributed by atoms with Crippen molar-refractivity contribution < 1.29 is 32.2 Å². The van der Waals surface area contributed by atoms with Crippen molar-refractivity contribution in [3.8, 4) is 0 Å². The lowest BCUT2D eigenvalue weighted by Gasteiger charge is -2.15. The summed E-state index contributed by atoms with van der Waals surface area (Å²) in [6.45, 7) is -0.421. The zero-order valence-electron chi connectivity index (χ0n) is 14.1. The van der Waals surface area contributed by atoms with Crippen LogP contribution in [0.5, 0.6) is 0 Å². The second-order valence-electron chi connectivity index (χ2n) is 5.49. The minimum atomic E-state index is -3.58. The van der Waals surface area contributed by atoms with Crippen molar-refractivity contribution in [3.05, 3.63) is 35.3 Å². The highest BCUT2D eigenvalue weighted by atomic mass is 32.2. The van der Waals surface area contributed by atoms with E-state index in [0.29, 0.717) is 0 Å². The second-order valence-corrected chi connectivity index (χ2v) is 7.24. The van der Waals surface area contributed by atoms with Gasteiger partial charge in [-0.25, -0.2) is 17.6 Å². The van der Waals surface area contributed by atoms with Crippen molar-refractivity contribution in [2.75, 3.05) is 43.1 Å². The van der Waals surface area contributed by atoms with E-state index >= 15 is 0 Å². The minimum Gasteiger partial charge on any atom is -0.466 e. The molecule has 0 saturated carbocycles. The molecule has 0 atom stereocenters. The van der Waals surface area contributed by atoms with Gasteiger partial charge in [-0.1, -0.05) is 0 Å². The average molecular weight is 387 g/mol. The lowest BCUT2D eigenvalue weighted by atomic mass is 10.2. The van der Waals surface area contributed by atoms with Crippen LogP contribution in [0.25, 0.3) is 0 Å². The molecule has 0 bridgehead atoms. The van der Waals surface area contributed by atoms with Gasteiger partial charge in [0.2, 0.25) is 10.0 Å². The fourth-order valence-corrected chi connectivity index (χ4v) is 2.94. The number of methoxy groups -OCH3 is 1. The van der Waals surface area contributed by atoms with E-state index in [0.717, 1.165) is 25.5 Å². The predicted octanol–water partition coefficient (Wildman–Crippen LogP) is -0.129. The molecule has 1 aromatic carbocycles. The van der Waals surface area contributed by atoms with E-state index in [4.69, 9.17) is 5.11 Å². The van der Waals surface area contributed by atoms with E-state index in [1.165, 1.54) is 11.0 Å². The van der Waals surface area contributed by atoms with Crippen molar-refractivity contribution in [1.82, 2.24) is 4.90 Å². The van der Waals surface area contributed by atoms with Crippen LogP contribution in [0.2, 0.25) is 0 Å². The van der Waals surface area contributed by atoms with Crippen LogP contribution >= 0.6 is 0 Å².